The Labute approximate surface area is 155 Å². The van der Waals surface area contributed by atoms with Crippen molar-refractivity contribution >= 4 is 17.7 Å². The van der Waals surface area contributed by atoms with E-state index in [1.54, 1.807) is 0 Å². The van der Waals surface area contributed by atoms with E-state index in [2.05, 4.69) is 29.0 Å². The fourth-order valence-electron chi connectivity index (χ4n) is 2.64. The van der Waals surface area contributed by atoms with E-state index in [-0.39, 0.29) is 17.8 Å². The quantitative estimate of drug-likeness (QED) is 0.725. The molecule has 2 rings (SSSR count). The largest absolute Gasteiger partial charge is 0.417 e. The van der Waals surface area contributed by atoms with Crippen LogP contribution in [-0.4, -0.2) is 60.4 Å². The second-order valence-electron chi connectivity index (χ2n) is 6.62. The Morgan fingerprint density at radius 2 is 2.23 bits per heavy atom. The van der Waals surface area contributed by atoms with E-state index in [1.165, 1.54) is 6.07 Å². The van der Waals surface area contributed by atoms with Crippen LogP contribution >= 0.6 is 11.8 Å². The molecule has 1 amide bonds. The number of nitrogens with one attached hydrogen (secondary N) is 1. The average Bonchev–Trinajstić information content (AvgIpc) is 2.57. The molecule has 1 N–H and O–H groups in total. The van der Waals surface area contributed by atoms with Gasteiger partial charge in [0, 0.05) is 32.4 Å². The number of hydrogen-bond donors (Lipinski definition) is 1. The molecule has 1 atom stereocenters. The van der Waals surface area contributed by atoms with Crippen LogP contribution in [0.15, 0.2) is 23.4 Å². The summed E-state index contributed by atoms with van der Waals surface area (Å²) in [7, 11) is 0. The van der Waals surface area contributed by atoms with Gasteiger partial charge < -0.3 is 10.1 Å². The zero-order valence-corrected chi connectivity index (χ0v) is 15.7. The average molecular weight is 391 g/mol. The van der Waals surface area contributed by atoms with Crippen LogP contribution in [0, 0.1) is 5.92 Å². The summed E-state index contributed by atoms with van der Waals surface area (Å²) in [5.74, 6) is 0.484. The number of morpholine rings is 1. The van der Waals surface area contributed by atoms with E-state index in [0.29, 0.717) is 24.1 Å². The number of thioether (sulfide) groups is 1. The Kier molecular flexibility index (Phi) is 7.72. The molecule has 0 bridgehead atoms. The first kappa shape index (κ1) is 21.0. The second kappa shape index (κ2) is 9.57. The molecule has 0 aliphatic carbocycles. The molecule has 5 nitrogen and oxygen atoms in total. The number of alkyl halides is 3. The van der Waals surface area contributed by atoms with Crippen molar-refractivity contribution in [1.82, 2.24) is 15.2 Å². The summed E-state index contributed by atoms with van der Waals surface area (Å²) in [5.41, 5.74) is -0.799. The van der Waals surface area contributed by atoms with E-state index in [1.807, 2.05) is 0 Å². The molecule has 1 aliphatic heterocycles. The maximum absolute atomic E-state index is 12.5. The van der Waals surface area contributed by atoms with Gasteiger partial charge in [0.2, 0.25) is 5.91 Å². The van der Waals surface area contributed by atoms with Gasteiger partial charge >= 0.3 is 6.18 Å². The van der Waals surface area contributed by atoms with Gasteiger partial charge in [-0.05, 0) is 18.1 Å². The molecule has 2 heterocycles. The van der Waals surface area contributed by atoms with E-state index < -0.39 is 11.7 Å². The van der Waals surface area contributed by atoms with Crippen LogP contribution in [0.4, 0.5) is 13.2 Å². The van der Waals surface area contributed by atoms with Crippen LogP contribution in [0.25, 0.3) is 0 Å². The van der Waals surface area contributed by atoms with Gasteiger partial charge in [0.15, 0.2) is 0 Å². The fourth-order valence-corrected chi connectivity index (χ4v) is 3.31. The Bertz CT molecular complexity index is 582. The number of nitrogens with zero attached hydrogens (tertiary/aromatic N) is 2. The summed E-state index contributed by atoms with van der Waals surface area (Å²) in [5, 5.41) is 3.19. The van der Waals surface area contributed by atoms with Crippen LogP contribution in [0.5, 0.6) is 0 Å². The predicted molar refractivity (Wildman–Crippen MR) is 94.0 cm³/mol. The first-order valence-electron chi connectivity index (χ1n) is 8.50. The van der Waals surface area contributed by atoms with Gasteiger partial charge in [-0.2, -0.15) is 13.2 Å². The predicted octanol–water partition coefficient (Wildman–Crippen LogP) is 2.67. The lowest BCUT2D eigenvalue weighted by molar-refractivity contribution is -0.137. The lowest BCUT2D eigenvalue weighted by Gasteiger charge is -2.33. The third-order valence-corrected chi connectivity index (χ3v) is 4.73. The van der Waals surface area contributed by atoms with Crippen LogP contribution in [-0.2, 0) is 15.7 Å². The summed E-state index contributed by atoms with van der Waals surface area (Å²) in [4.78, 5) is 18.0. The standard InChI is InChI=1S/C17H24F3N3O2S/c1-12(2)9-23-5-6-25-14(10-23)8-21-15(24)11-26-16-4-3-13(7-22-16)17(18,19)20/h3-4,7,12,14H,5-6,8-11H2,1-2H3,(H,21,24). The molecule has 0 saturated carbocycles. The van der Waals surface area contributed by atoms with Crippen molar-refractivity contribution < 1.29 is 22.7 Å². The van der Waals surface area contributed by atoms with E-state index >= 15 is 0 Å². The Morgan fingerprint density at radius 1 is 1.46 bits per heavy atom. The summed E-state index contributed by atoms with van der Waals surface area (Å²) in [6, 6.07) is 2.24. The Balaban J connectivity index is 1.70. The van der Waals surface area contributed by atoms with Gasteiger partial charge in [0.1, 0.15) is 0 Å². The Hall–Kier alpha value is -1.32. The SMILES string of the molecule is CC(C)CN1CCOC(CNC(=O)CSc2ccc(C(F)(F)F)cn2)C1. The molecule has 1 fully saturated rings. The molecule has 9 heteroatoms. The number of amides is 1. The monoisotopic (exact) mass is 391 g/mol. The van der Waals surface area contributed by atoms with Crippen molar-refractivity contribution in [2.75, 3.05) is 38.5 Å². The molecule has 1 aromatic rings. The highest BCUT2D eigenvalue weighted by molar-refractivity contribution is 7.99. The van der Waals surface area contributed by atoms with Crippen LogP contribution in [0.1, 0.15) is 19.4 Å². The van der Waals surface area contributed by atoms with Gasteiger partial charge in [0.25, 0.3) is 0 Å². The minimum absolute atomic E-state index is 0.0411. The minimum atomic E-state index is -4.41. The summed E-state index contributed by atoms with van der Waals surface area (Å²) in [6.07, 6.45) is -3.67. The highest BCUT2D eigenvalue weighted by Crippen LogP contribution is 2.29. The summed E-state index contributed by atoms with van der Waals surface area (Å²) < 4.78 is 43.1. The van der Waals surface area contributed by atoms with Gasteiger partial charge in [0.05, 0.1) is 29.1 Å². The number of halogens is 3. The number of rotatable bonds is 7. The topological polar surface area (TPSA) is 54.5 Å². The highest BCUT2D eigenvalue weighted by Gasteiger charge is 2.30. The smallest absolute Gasteiger partial charge is 0.374 e. The first-order valence-corrected chi connectivity index (χ1v) is 9.49. The third-order valence-electron chi connectivity index (χ3n) is 3.79. The van der Waals surface area contributed by atoms with Crippen LogP contribution in [0.2, 0.25) is 0 Å². The van der Waals surface area contributed by atoms with Gasteiger partial charge in [-0.1, -0.05) is 25.6 Å². The molecule has 26 heavy (non-hydrogen) atoms. The normalized spacial score (nSPS) is 18.9. The maximum Gasteiger partial charge on any atom is 0.417 e. The van der Waals surface area contributed by atoms with Gasteiger partial charge in [-0.15, -0.1) is 0 Å². The van der Waals surface area contributed by atoms with E-state index in [0.717, 1.165) is 43.7 Å². The van der Waals surface area contributed by atoms with Crippen molar-refractivity contribution in [1.29, 1.82) is 0 Å². The van der Waals surface area contributed by atoms with E-state index in [4.69, 9.17) is 4.74 Å². The molecule has 1 aliphatic rings. The molecule has 1 saturated heterocycles. The second-order valence-corrected chi connectivity index (χ2v) is 7.62. The summed E-state index contributed by atoms with van der Waals surface area (Å²) >= 11 is 1.10. The molecular formula is C17H24F3N3O2S. The zero-order chi connectivity index (χ0) is 19.2. The lowest BCUT2D eigenvalue weighted by Crippen LogP contribution is -2.48. The number of carbonyl (C=O) groups is 1. The molecule has 146 valence electrons. The third kappa shape index (κ3) is 7.13. The molecular weight excluding hydrogens is 367 g/mol. The number of aromatic nitrogens is 1. The molecule has 1 unspecified atom stereocenters. The van der Waals surface area contributed by atoms with Crippen molar-refractivity contribution in [2.24, 2.45) is 5.92 Å². The Morgan fingerprint density at radius 3 is 2.85 bits per heavy atom. The zero-order valence-electron chi connectivity index (χ0n) is 14.9. The van der Waals surface area contributed by atoms with Gasteiger partial charge in [-0.25, -0.2) is 4.98 Å². The van der Waals surface area contributed by atoms with Crippen molar-refractivity contribution in [2.45, 2.75) is 31.2 Å². The van der Waals surface area contributed by atoms with Crippen LogP contribution in [0.3, 0.4) is 0 Å². The fraction of sp³-hybridized carbons (Fsp3) is 0.647. The molecule has 1 aromatic heterocycles. The number of pyridine rings is 1. The molecule has 0 radical (unpaired) electrons. The minimum Gasteiger partial charge on any atom is -0.374 e. The maximum atomic E-state index is 12.5. The van der Waals surface area contributed by atoms with Crippen molar-refractivity contribution in [3.8, 4) is 0 Å². The van der Waals surface area contributed by atoms with Crippen LogP contribution < -0.4 is 5.32 Å². The number of ether oxygens (including phenoxy) is 1. The lowest BCUT2D eigenvalue weighted by atomic mass is 10.2. The molecule has 0 spiro atoms. The highest BCUT2D eigenvalue weighted by atomic mass is 32.2. The van der Waals surface area contributed by atoms with Crippen molar-refractivity contribution in [3.05, 3.63) is 23.9 Å². The number of carbonyl (C=O) groups excluding carboxylic acids is 1. The van der Waals surface area contributed by atoms with Crippen molar-refractivity contribution in [3.63, 3.8) is 0 Å². The molecule has 0 aromatic carbocycles. The van der Waals surface area contributed by atoms with Gasteiger partial charge in [-0.3, -0.25) is 9.69 Å². The van der Waals surface area contributed by atoms with E-state index in [9.17, 15) is 18.0 Å². The summed E-state index contributed by atoms with van der Waals surface area (Å²) in [6.45, 7) is 8.09. The first-order chi connectivity index (χ1) is 12.2. The number of hydrogen-bond acceptors (Lipinski definition) is 5.